The maximum Gasteiger partial charge on any atom is 0.306 e. The first-order chi connectivity index (χ1) is 9.15. The van der Waals surface area contributed by atoms with E-state index >= 15 is 0 Å². The van der Waals surface area contributed by atoms with E-state index in [1.165, 1.54) is 0 Å². The van der Waals surface area contributed by atoms with E-state index in [9.17, 15) is 9.59 Å². The van der Waals surface area contributed by atoms with Crippen molar-refractivity contribution in [3.63, 3.8) is 0 Å². The number of carbonyl (C=O) groups is 2. The van der Waals surface area contributed by atoms with Gasteiger partial charge in [-0.15, -0.1) is 0 Å². The molecule has 1 saturated carbocycles. The highest BCUT2D eigenvalue weighted by atomic mass is 16.4. The second kappa shape index (κ2) is 4.64. The smallest absolute Gasteiger partial charge is 0.306 e. The molecule has 3 rings (SSSR count). The van der Waals surface area contributed by atoms with Crippen LogP contribution in [0.4, 0.5) is 5.69 Å². The summed E-state index contributed by atoms with van der Waals surface area (Å²) in [6.45, 7) is 1.23. The number of rotatable bonds is 2. The zero-order chi connectivity index (χ0) is 13.4. The monoisotopic (exact) mass is 260 g/mol. The number of fused-ring (bicyclic) bond motifs is 2. The van der Waals surface area contributed by atoms with Gasteiger partial charge in [-0.1, -0.05) is 0 Å². The Hall–Kier alpha value is -1.91. The molecule has 1 aliphatic heterocycles. The second-order valence-electron chi connectivity index (χ2n) is 5.42. The van der Waals surface area contributed by atoms with Crippen molar-refractivity contribution in [3.8, 4) is 0 Å². The zero-order valence-electron chi connectivity index (χ0n) is 10.5. The summed E-state index contributed by atoms with van der Waals surface area (Å²) < 4.78 is 0. The molecule has 100 valence electrons. The SMILES string of the molecule is O=C(O)C1CC2CN(c3cccnc3)CC(C1)C2=O. The molecule has 1 saturated heterocycles. The van der Waals surface area contributed by atoms with Gasteiger partial charge in [0.15, 0.2) is 0 Å². The molecule has 1 aromatic rings. The lowest BCUT2D eigenvalue weighted by molar-refractivity contribution is -0.146. The van der Waals surface area contributed by atoms with Gasteiger partial charge < -0.3 is 10.0 Å². The lowest BCUT2D eigenvalue weighted by atomic mass is 9.71. The highest BCUT2D eigenvalue weighted by Gasteiger charge is 2.43. The van der Waals surface area contributed by atoms with Gasteiger partial charge in [-0.05, 0) is 25.0 Å². The number of hydrogen-bond donors (Lipinski definition) is 1. The van der Waals surface area contributed by atoms with Crippen molar-refractivity contribution >= 4 is 17.4 Å². The van der Waals surface area contributed by atoms with Gasteiger partial charge in [-0.3, -0.25) is 14.6 Å². The summed E-state index contributed by atoms with van der Waals surface area (Å²) in [4.78, 5) is 29.5. The van der Waals surface area contributed by atoms with Crippen LogP contribution in [0, 0.1) is 17.8 Å². The van der Waals surface area contributed by atoms with Crippen molar-refractivity contribution in [2.24, 2.45) is 17.8 Å². The third-order valence-electron chi connectivity index (χ3n) is 4.18. The lowest BCUT2D eigenvalue weighted by Gasteiger charge is -2.42. The molecule has 0 spiro atoms. The van der Waals surface area contributed by atoms with E-state index in [4.69, 9.17) is 5.11 Å². The molecule has 2 aliphatic rings. The number of hydrogen-bond acceptors (Lipinski definition) is 4. The minimum atomic E-state index is -0.766. The average Bonchev–Trinajstić information content (AvgIpc) is 2.39. The number of carbonyl (C=O) groups excluding carboxylic acids is 1. The minimum absolute atomic E-state index is 0.145. The van der Waals surface area contributed by atoms with Gasteiger partial charge in [0.05, 0.1) is 17.8 Å². The topological polar surface area (TPSA) is 70.5 Å². The minimum Gasteiger partial charge on any atom is -0.481 e. The molecule has 0 aromatic carbocycles. The summed E-state index contributed by atoms with van der Waals surface area (Å²) in [5.41, 5.74) is 1.01. The summed E-state index contributed by atoms with van der Waals surface area (Å²) in [5, 5.41) is 9.13. The van der Waals surface area contributed by atoms with Crippen LogP contribution in [-0.4, -0.2) is 34.9 Å². The van der Waals surface area contributed by atoms with Crippen LogP contribution in [0.5, 0.6) is 0 Å². The Bertz CT molecular complexity index is 485. The number of Topliss-reactive ketones (excluding diaryl/α,β-unsaturated/α-hetero) is 1. The summed E-state index contributed by atoms with van der Waals surface area (Å²) in [7, 11) is 0. The van der Waals surface area contributed by atoms with Crippen LogP contribution in [0.25, 0.3) is 0 Å². The van der Waals surface area contributed by atoms with Crippen LogP contribution in [0.3, 0.4) is 0 Å². The second-order valence-corrected chi connectivity index (χ2v) is 5.42. The quantitative estimate of drug-likeness (QED) is 0.865. The molecule has 2 bridgehead atoms. The molecule has 1 aliphatic carbocycles. The van der Waals surface area contributed by atoms with E-state index in [0.717, 1.165) is 5.69 Å². The Balaban J connectivity index is 1.80. The summed E-state index contributed by atoms with van der Waals surface area (Å²) in [6.07, 6.45) is 4.46. The Labute approximate surface area is 111 Å². The highest BCUT2D eigenvalue weighted by Crippen LogP contribution is 2.36. The highest BCUT2D eigenvalue weighted by molar-refractivity contribution is 5.88. The largest absolute Gasteiger partial charge is 0.481 e. The number of aromatic nitrogens is 1. The third-order valence-corrected chi connectivity index (χ3v) is 4.18. The summed E-state index contributed by atoms with van der Waals surface area (Å²) >= 11 is 0. The standard InChI is InChI=1S/C14H16N2O3/c17-13-10-4-9(14(18)19)5-11(13)8-16(7-10)12-2-1-3-15-6-12/h1-3,6,9-11H,4-5,7-8H2,(H,18,19). The predicted octanol–water partition coefficient (Wildman–Crippen LogP) is 1.20. The van der Waals surface area contributed by atoms with Gasteiger partial charge in [-0.2, -0.15) is 0 Å². The van der Waals surface area contributed by atoms with Gasteiger partial charge in [0.1, 0.15) is 5.78 Å². The van der Waals surface area contributed by atoms with Crippen molar-refractivity contribution in [1.82, 2.24) is 4.98 Å². The Morgan fingerprint density at radius 2 is 2.00 bits per heavy atom. The Kier molecular flexibility index (Phi) is 2.97. The fourth-order valence-corrected chi connectivity index (χ4v) is 3.24. The molecule has 1 aromatic heterocycles. The molecule has 2 fully saturated rings. The number of ketones is 1. The molecule has 19 heavy (non-hydrogen) atoms. The van der Waals surface area contributed by atoms with Crippen LogP contribution in [0.2, 0.25) is 0 Å². The van der Waals surface area contributed by atoms with E-state index in [2.05, 4.69) is 9.88 Å². The van der Waals surface area contributed by atoms with Crippen LogP contribution < -0.4 is 4.90 Å². The molecule has 5 nitrogen and oxygen atoms in total. The lowest BCUT2D eigenvalue weighted by Crippen LogP contribution is -2.52. The number of carboxylic acids is 1. The summed E-state index contributed by atoms with van der Waals surface area (Å²) in [6, 6.07) is 3.86. The average molecular weight is 260 g/mol. The van der Waals surface area contributed by atoms with Crippen LogP contribution in [0.15, 0.2) is 24.5 Å². The van der Waals surface area contributed by atoms with E-state index < -0.39 is 5.97 Å². The predicted molar refractivity (Wildman–Crippen MR) is 68.8 cm³/mol. The van der Waals surface area contributed by atoms with Crippen LogP contribution >= 0.6 is 0 Å². The zero-order valence-corrected chi connectivity index (χ0v) is 10.5. The van der Waals surface area contributed by atoms with E-state index in [1.54, 1.807) is 12.4 Å². The van der Waals surface area contributed by atoms with Gasteiger partial charge >= 0.3 is 5.97 Å². The number of piperidine rings is 1. The summed E-state index contributed by atoms with van der Waals surface area (Å²) in [5.74, 6) is -1.17. The molecular weight excluding hydrogens is 244 g/mol. The van der Waals surface area contributed by atoms with E-state index in [0.29, 0.717) is 25.9 Å². The fourth-order valence-electron chi connectivity index (χ4n) is 3.24. The molecule has 2 atom stereocenters. The molecule has 0 radical (unpaired) electrons. The van der Waals surface area contributed by atoms with Crippen molar-refractivity contribution in [2.45, 2.75) is 12.8 Å². The Morgan fingerprint density at radius 1 is 1.32 bits per heavy atom. The first-order valence-corrected chi connectivity index (χ1v) is 6.56. The normalized spacial score (nSPS) is 30.2. The van der Waals surface area contributed by atoms with Crippen LogP contribution in [-0.2, 0) is 9.59 Å². The maximum atomic E-state index is 12.1. The number of aliphatic carboxylic acids is 1. The van der Waals surface area contributed by atoms with Gasteiger partial charge in [0.2, 0.25) is 0 Å². The molecule has 2 heterocycles. The molecule has 0 amide bonds. The number of pyridine rings is 1. The molecule has 1 N–H and O–H groups in total. The van der Waals surface area contributed by atoms with Gasteiger partial charge in [-0.25, -0.2) is 0 Å². The Morgan fingerprint density at radius 3 is 2.53 bits per heavy atom. The fraction of sp³-hybridized carbons (Fsp3) is 0.500. The van der Waals surface area contributed by atoms with Crippen molar-refractivity contribution in [3.05, 3.63) is 24.5 Å². The molecular formula is C14H16N2O3. The van der Waals surface area contributed by atoms with E-state index in [-0.39, 0.29) is 23.5 Å². The first-order valence-electron chi connectivity index (χ1n) is 6.56. The van der Waals surface area contributed by atoms with Gasteiger partial charge in [0, 0.05) is 31.1 Å². The first kappa shape index (κ1) is 12.1. The van der Waals surface area contributed by atoms with Crippen molar-refractivity contribution in [1.29, 1.82) is 0 Å². The number of anilines is 1. The molecule has 2 unspecified atom stereocenters. The van der Waals surface area contributed by atoms with Gasteiger partial charge in [0.25, 0.3) is 0 Å². The van der Waals surface area contributed by atoms with Crippen LogP contribution in [0.1, 0.15) is 12.8 Å². The number of nitrogens with zero attached hydrogens (tertiary/aromatic N) is 2. The van der Waals surface area contributed by atoms with E-state index in [1.807, 2.05) is 12.1 Å². The third kappa shape index (κ3) is 2.20. The van der Waals surface area contributed by atoms with Crippen molar-refractivity contribution in [2.75, 3.05) is 18.0 Å². The maximum absolute atomic E-state index is 12.1. The number of carboxylic acid groups (broad SMARTS) is 1. The van der Waals surface area contributed by atoms with Crippen molar-refractivity contribution < 1.29 is 14.7 Å². The molecule has 5 heteroatoms.